The zero-order valence-electron chi connectivity index (χ0n) is 23.0. The molecule has 0 radical (unpaired) electrons. The topological polar surface area (TPSA) is 102 Å². The summed E-state index contributed by atoms with van der Waals surface area (Å²) in [6.45, 7) is -0.387. The van der Waals surface area contributed by atoms with Crippen LogP contribution in [0, 0.1) is 5.92 Å². The van der Waals surface area contributed by atoms with Crippen molar-refractivity contribution in [3.8, 4) is 0 Å². The first-order valence-corrected chi connectivity index (χ1v) is 15.3. The standard InChI is InChI=1S/C29H29BrClF3N6O3/c30-21-12-17-11-18(27(42)39(15-29(32,33)34)14-20(17)24-25(21)36-37-26(24)31)13-23(41)38-8-6-19(7-9-38)40-10-5-16-3-1-2-4-22(16)35-28(40)43/h1-4,12,18-19H,5-11,13-15H2,(H,35,43)(H,36,37)/t18-/m0/s1. The molecule has 0 saturated carbocycles. The maximum absolute atomic E-state index is 13.6. The lowest BCUT2D eigenvalue weighted by atomic mass is 9.92. The zero-order valence-corrected chi connectivity index (χ0v) is 25.4. The molecule has 4 amide bonds. The van der Waals surface area contributed by atoms with E-state index in [2.05, 4.69) is 31.4 Å². The van der Waals surface area contributed by atoms with Crippen LogP contribution in [0.25, 0.3) is 10.9 Å². The Morgan fingerprint density at radius 2 is 1.86 bits per heavy atom. The third-order valence-electron chi connectivity index (χ3n) is 8.62. The summed E-state index contributed by atoms with van der Waals surface area (Å²) in [6.07, 6.45) is -2.88. The predicted molar refractivity (Wildman–Crippen MR) is 158 cm³/mol. The smallest absolute Gasteiger partial charge is 0.343 e. The number of piperidine rings is 1. The first-order valence-electron chi connectivity index (χ1n) is 14.1. The van der Waals surface area contributed by atoms with E-state index in [0.717, 1.165) is 22.6 Å². The van der Waals surface area contributed by atoms with Crippen LogP contribution in [0.15, 0.2) is 34.8 Å². The number of nitrogens with one attached hydrogen (secondary N) is 2. The summed E-state index contributed by atoms with van der Waals surface area (Å²) in [5.74, 6) is -1.98. The Balaban J connectivity index is 1.16. The molecule has 0 unspecified atom stereocenters. The number of aromatic amines is 1. The first kappa shape index (κ1) is 29.7. The molecule has 1 aromatic heterocycles. The van der Waals surface area contributed by atoms with Crippen LogP contribution in [0.2, 0.25) is 5.15 Å². The third-order valence-corrected chi connectivity index (χ3v) is 9.52. The number of benzene rings is 2. The number of carbonyl (C=O) groups is 3. The highest BCUT2D eigenvalue weighted by Crippen LogP contribution is 2.38. The summed E-state index contributed by atoms with van der Waals surface area (Å²) in [6, 6.07) is 9.23. The number of amides is 4. The minimum Gasteiger partial charge on any atom is -0.343 e. The Labute approximate surface area is 258 Å². The van der Waals surface area contributed by atoms with E-state index in [1.807, 2.05) is 29.2 Å². The molecule has 3 aliphatic heterocycles. The molecule has 228 valence electrons. The normalized spacial score (nSPS) is 20.0. The number of H-pyrrole nitrogens is 1. The van der Waals surface area contributed by atoms with E-state index in [1.165, 1.54) is 0 Å². The van der Waals surface area contributed by atoms with Crippen molar-refractivity contribution in [2.45, 2.75) is 50.9 Å². The summed E-state index contributed by atoms with van der Waals surface area (Å²) in [5, 5.41) is 10.3. The average molecular weight is 682 g/mol. The van der Waals surface area contributed by atoms with Crippen molar-refractivity contribution in [3.63, 3.8) is 0 Å². The molecular weight excluding hydrogens is 653 g/mol. The number of rotatable bonds is 4. The molecule has 2 N–H and O–H groups in total. The molecule has 43 heavy (non-hydrogen) atoms. The molecule has 1 fully saturated rings. The fourth-order valence-electron chi connectivity index (χ4n) is 6.50. The number of nitrogens with zero attached hydrogens (tertiary/aromatic N) is 4. The van der Waals surface area contributed by atoms with E-state index in [-0.39, 0.29) is 42.5 Å². The lowest BCUT2D eigenvalue weighted by molar-refractivity contribution is -0.165. The fourth-order valence-corrected chi connectivity index (χ4v) is 7.31. The third kappa shape index (κ3) is 6.06. The van der Waals surface area contributed by atoms with Gasteiger partial charge < -0.3 is 20.0 Å². The van der Waals surface area contributed by atoms with Gasteiger partial charge in [0, 0.05) is 54.2 Å². The Morgan fingerprint density at radius 3 is 2.60 bits per heavy atom. The number of halogens is 5. The number of likely N-dealkylation sites (tertiary alicyclic amines) is 1. The van der Waals surface area contributed by atoms with Crippen molar-refractivity contribution in [1.29, 1.82) is 0 Å². The van der Waals surface area contributed by atoms with Gasteiger partial charge in [-0.2, -0.15) is 18.3 Å². The number of fused-ring (bicyclic) bond motifs is 4. The Kier molecular flexibility index (Phi) is 8.05. The van der Waals surface area contributed by atoms with Gasteiger partial charge in [-0.1, -0.05) is 29.8 Å². The molecule has 3 aromatic rings. The van der Waals surface area contributed by atoms with Crippen molar-refractivity contribution < 1.29 is 27.6 Å². The summed E-state index contributed by atoms with van der Waals surface area (Å²) < 4.78 is 41.3. The lowest BCUT2D eigenvalue weighted by Crippen LogP contribution is -2.50. The Morgan fingerprint density at radius 1 is 1.12 bits per heavy atom. The second-order valence-electron chi connectivity index (χ2n) is 11.3. The summed E-state index contributed by atoms with van der Waals surface area (Å²) in [4.78, 5) is 44.2. The minimum atomic E-state index is -4.62. The van der Waals surface area contributed by atoms with Gasteiger partial charge in [0.15, 0.2) is 5.15 Å². The van der Waals surface area contributed by atoms with Crippen LogP contribution in [0.3, 0.4) is 0 Å². The molecule has 2 aromatic carbocycles. The van der Waals surface area contributed by atoms with E-state index < -0.39 is 24.5 Å². The quantitative estimate of drug-likeness (QED) is 0.379. The van der Waals surface area contributed by atoms with Gasteiger partial charge >= 0.3 is 12.2 Å². The second kappa shape index (κ2) is 11.6. The number of hydrogen-bond donors (Lipinski definition) is 2. The van der Waals surface area contributed by atoms with Crippen molar-refractivity contribution in [2.75, 3.05) is 31.5 Å². The number of urea groups is 1. The summed E-state index contributed by atoms with van der Waals surface area (Å²) in [7, 11) is 0. The van der Waals surface area contributed by atoms with Gasteiger partial charge in [-0.25, -0.2) is 4.79 Å². The minimum absolute atomic E-state index is 0.0495. The monoisotopic (exact) mass is 680 g/mol. The summed E-state index contributed by atoms with van der Waals surface area (Å²) >= 11 is 9.77. The maximum Gasteiger partial charge on any atom is 0.406 e. The highest BCUT2D eigenvalue weighted by molar-refractivity contribution is 9.10. The molecule has 3 aliphatic rings. The van der Waals surface area contributed by atoms with Gasteiger partial charge in [0.25, 0.3) is 0 Å². The Bertz CT molecular complexity index is 1590. The zero-order chi connectivity index (χ0) is 30.5. The molecule has 1 saturated heterocycles. The lowest BCUT2D eigenvalue weighted by Gasteiger charge is -2.38. The number of anilines is 1. The molecule has 14 heteroatoms. The maximum atomic E-state index is 13.6. The number of para-hydroxylation sites is 1. The highest BCUT2D eigenvalue weighted by Gasteiger charge is 2.40. The van der Waals surface area contributed by atoms with Crippen molar-refractivity contribution in [1.82, 2.24) is 24.9 Å². The average Bonchev–Trinajstić information content (AvgIpc) is 3.20. The van der Waals surface area contributed by atoms with E-state index in [1.54, 1.807) is 11.0 Å². The van der Waals surface area contributed by atoms with Crippen LogP contribution in [0.5, 0.6) is 0 Å². The Hall–Kier alpha value is -3.32. The van der Waals surface area contributed by atoms with Gasteiger partial charge in [-0.15, -0.1) is 0 Å². The molecular formula is C29H29BrClF3N6O3. The van der Waals surface area contributed by atoms with Gasteiger partial charge in [0.2, 0.25) is 11.8 Å². The van der Waals surface area contributed by atoms with Crippen molar-refractivity contribution in [2.24, 2.45) is 5.92 Å². The van der Waals surface area contributed by atoms with Gasteiger partial charge in [-0.05, 0) is 70.4 Å². The fraction of sp³-hybridized carbons (Fsp3) is 0.448. The van der Waals surface area contributed by atoms with Crippen LogP contribution in [0.4, 0.5) is 23.7 Å². The molecule has 0 bridgehead atoms. The number of aromatic nitrogens is 2. The molecule has 6 rings (SSSR count). The van der Waals surface area contributed by atoms with E-state index in [9.17, 15) is 27.6 Å². The van der Waals surface area contributed by atoms with Crippen LogP contribution >= 0.6 is 27.5 Å². The van der Waals surface area contributed by atoms with Crippen LogP contribution in [0.1, 0.15) is 36.0 Å². The van der Waals surface area contributed by atoms with E-state index in [4.69, 9.17) is 11.6 Å². The molecule has 0 spiro atoms. The highest BCUT2D eigenvalue weighted by atomic mass is 79.9. The molecule has 0 aliphatic carbocycles. The number of alkyl halides is 3. The van der Waals surface area contributed by atoms with Crippen LogP contribution < -0.4 is 5.32 Å². The number of carbonyl (C=O) groups excluding carboxylic acids is 3. The molecule has 4 heterocycles. The van der Waals surface area contributed by atoms with Gasteiger partial charge in [0.05, 0.1) is 11.4 Å². The predicted octanol–water partition coefficient (Wildman–Crippen LogP) is 5.51. The van der Waals surface area contributed by atoms with Gasteiger partial charge in [-0.3, -0.25) is 14.7 Å². The van der Waals surface area contributed by atoms with Gasteiger partial charge in [0.1, 0.15) is 6.54 Å². The molecule has 1 atom stereocenters. The van der Waals surface area contributed by atoms with Crippen LogP contribution in [-0.2, 0) is 29.0 Å². The first-order chi connectivity index (χ1) is 20.5. The SMILES string of the molecule is O=C(C[C@@H]1Cc2cc(Br)c3[nH]nc(Cl)c3c2CN(CC(F)(F)F)C1=O)N1CCC(N2CCc3ccccc3NC2=O)CC1. The largest absolute Gasteiger partial charge is 0.406 e. The van der Waals surface area contributed by atoms with E-state index in [0.29, 0.717) is 59.0 Å². The van der Waals surface area contributed by atoms with Crippen LogP contribution in [-0.4, -0.2) is 81.1 Å². The second-order valence-corrected chi connectivity index (χ2v) is 12.5. The molecule has 9 nitrogen and oxygen atoms in total. The number of hydrogen-bond acceptors (Lipinski definition) is 4. The van der Waals surface area contributed by atoms with E-state index >= 15 is 0 Å². The summed E-state index contributed by atoms with van der Waals surface area (Å²) in [5.41, 5.74) is 3.54. The van der Waals surface area contributed by atoms with Crippen molar-refractivity contribution >= 4 is 62.0 Å². The van der Waals surface area contributed by atoms with Crippen molar-refractivity contribution in [3.05, 3.63) is 56.6 Å².